The monoisotopic (exact) mass is 306 g/mol. The lowest BCUT2D eigenvalue weighted by Gasteiger charge is -2.26. The molecule has 22 heavy (non-hydrogen) atoms. The predicted molar refractivity (Wildman–Crippen MR) is 82.4 cm³/mol. The van der Waals surface area contributed by atoms with Gasteiger partial charge in [0.05, 0.1) is 6.42 Å². The van der Waals surface area contributed by atoms with Crippen LogP contribution in [0.4, 0.5) is 0 Å². The summed E-state index contributed by atoms with van der Waals surface area (Å²) in [5.74, 6) is -1.23. The standard InChI is InChI=1S/C16H22N2O4/c1-11(2)18(9-8-15(20)21)16(22)14-6-4-13(5-7-14)10-17-12(3)19/h4-7,11H,8-10H2,1-3H3,(H,17,19)(H,20,21). The molecule has 0 aliphatic rings. The molecular formula is C16H22N2O4. The van der Waals surface area contributed by atoms with Gasteiger partial charge in [0.2, 0.25) is 5.91 Å². The Hall–Kier alpha value is -2.37. The number of carboxylic acids is 1. The number of carbonyl (C=O) groups excluding carboxylic acids is 2. The van der Waals surface area contributed by atoms with Crippen molar-refractivity contribution < 1.29 is 19.5 Å². The number of benzene rings is 1. The second-order valence-electron chi connectivity index (χ2n) is 5.34. The van der Waals surface area contributed by atoms with E-state index in [2.05, 4.69) is 5.32 Å². The van der Waals surface area contributed by atoms with Gasteiger partial charge in [-0.3, -0.25) is 14.4 Å². The van der Waals surface area contributed by atoms with Gasteiger partial charge in [0.1, 0.15) is 0 Å². The molecule has 1 aromatic carbocycles. The quantitative estimate of drug-likeness (QED) is 0.802. The van der Waals surface area contributed by atoms with Crippen LogP contribution in [-0.2, 0) is 16.1 Å². The van der Waals surface area contributed by atoms with Crippen molar-refractivity contribution in [3.63, 3.8) is 0 Å². The summed E-state index contributed by atoms with van der Waals surface area (Å²) in [7, 11) is 0. The van der Waals surface area contributed by atoms with E-state index in [0.717, 1.165) is 5.56 Å². The second-order valence-corrected chi connectivity index (χ2v) is 5.34. The summed E-state index contributed by atoms with van der Waals surface area (Å²) in [4.78, 5) is 35.5. The first-order chi connectivity index (χ1) is 10.3. The normalized spacial score (nSPS) is 10.4. The number of nitrogens with one attached hydrogen (secondary N) is 1. The lowest BCUT2D eigenvalue weighted by Crippen LogP contribution is -2.38. The van der Waals surface area contributed by atoms with Crippen molar-refractivity contribution in [2.75, 3.05) is 6.54 Å². The summed E-state index contributed by atoms with van der Waals surface area (Å²) in [6.45, 7) is 5.74. The largest absolute Gasteiger partial charge is 0.481 e. The Bertz CT molecular complexity index is 538. The summed E-state index contributed by atoms with van der Waals surface area (Å²) in [6.07, 6.45) is -0.0788. The molecule has 0 aliphatic heterocycles. The van der Waals surface area contributed by atoms with Crippen molar-refractivity contribution in [3.8, 4) is 0 Å². The van der Waals surface area contributed by atoms with Crippen molar-refractivity contribution in [2.45, 2.75) is 39.8 Å². The Morgan fingerprint density at radius 3 is 2.23 bits per heavy atom. The molecule has 2 N–H and O–H groups in total. The molecule has 0 aromatic heterocycles. The van der Waals surface area contributed by atoms with Crippen molar-refractivity contribution >= 4 is 17.8 Å². The van der Waals surface area contributed by atoms with E-state index < -0.39 is 5.97 Å². The minimum absolute atomic E-state index is 0.0779. The average Bonchev–Trinajstić information content (AvgIpc) is 2.45. The highest BCUT2D eigenvalue weighted by Gasteiger charge is 2.19. The number of nitrogens with zero attached hydrogens (tertiary/aromatic N) is 1. The summed E-state index contributed by atoms with van der Waals surface area (Å²) in [5.41, 5.74) is 1.40. The number of carboxylic acid groups (broad SMARTS) is 1. The van der Waals surface area contributed by atoms with Crippen LogP contribution < -0.4 is 5.32 Å². The molecule has 0 heterocycles. The highest BCUT2D eigenvalue weighted by molar-refractivity contribution is 5.94. The average molecular weight is 306 g/mol. The Labute approximate surface area is 130 Å². The van der Waals surface area contributed by atoms with Gasteiger partial charge in [0, 0.05) is 31.6 Å². The molecule has 120 valence electrons. The summed E-state index contributed by atoms with van der Waals surface area (Å²) in [5, 5.41) is 11.4. The van der Waals surface area contributed by atoms with Gasteiger partial charge in [-0.15, -0.1) is 0 Å². The molecule has 1 rings (SSSR count). The third kappa shape index (κ3) is 5.55. The molecule has 1 aromatic rings. The highest BCUT2D eigenvalue weighted by Crippen LogP contribution is 2.11. The molecule has 0 bridgehead atoms. The minimum Gasteiger partial charge on any atom is -0.481 e. The molecule has 0 atom stereocenters. The van der Waals surface area contributed by atoms with Crippen LogP contribution in [0.5, 0.6) is 0 Å². The maximum Gasteiger partial charge on any atom is 0.305 e. The molecule has 0 unspecified atom stereocenters. The molecule has 2 amide bonds. The third-order valence-corrected chi connectivity index (χ3v) is 3.19. The number of hydrogen-bond acceptors (Lipinski definition) is 3. The molecule has 6 nitrogen and oxygen atoms in total. The van der Waals surface area contributed by atoms with E-state index >= 15 is 0 Å². The van der Waals surface area contributed by atoms with Crippen LogP contribution in [0, 0.1) is 0 Å². The lowest BCUT2D eigenvalue weighted by atomic mass is 10.1. The zero-order valence-corrected chi connectivity index (χ0v) is 13.1. The van der Waals surface area contributed by atoms with Gasteiger partial charge in [-0.2, -0.15) is 0 Å². The van der Waals surface area contributed by atoms with Crippen LogP contribution in [0.25, 0.3) is 0 Å². The molecule has 0 radical (unpaired) electrons. The number of rotatable bonds is 7. The van der Waals surface area contributed by atoms with Crippen LogP contribution >= 0.6 is 0 Å². The third-order valence-electron chi connectivity index (χ3n) is 3.19. The number of aliphatic carboxylic acids is 1. The van der Waals surface area contributed by atoms with Crippen molar-refractivity contribution in [2.24, 2.45) is 0 Å². The van der Waals surface area contributed by atoms with Gasteiger partial charge in [0.15, 0.2) is 0 Å². The van der Waals surface area contributed by atoms with Gasteiger partial charge in [-0.25, -0.2) is 0 Å². The van der Waals surface area contributed by atoms with E-state index in [4.69, 9.17) is 5.11 Å². The van der Waals surface area contributed by atoms with E-state index in [9.17, 15) is 14.4 Å². The molecule has 6 heteroatoms. The number of amides is 2. The minimum atomic E-state index is -0.927. The fraction of sp³-hybridized carbons (Fsp3) is 0.438. The molecule has 0 saturated carbocycles. The zero-order chi connectivity index (χ0) is 16.7. The Morgan fingerprint density at radius 2 is 1.77 bits per heavy atom. The first-order valence-corrected chi connectivity index (χ1v) is 7.17. The SMILES string of the molecule is CC(=O)NCc1ccc(C(=O)N(CCC(=O)O)C(C)C)cc1. The summed E-state index contributed by atoms with van der Waals surface area (Å²) in [6, 6.07) is 6.86. The van der Waals surface area contributed by atoms with Crippen LogP contribution in [-0.4, -0.2) is 40.4 Å². The van der Waals surface area contributed by atoms with Crippen LogP contribution in [0.3, 0.4) is 0 Å². The first-order valence-electron chi connectivity index (χ1n) is 7.17. The molecule has 0 fully saturated rings. The van der Waals surface area contributed by atoms with E-state index in [0.29, 0.717) is 12.1 Å². The van der Waals surface area contributed by atoms with Gasteiger partial charge in [-0.1, -0.05) is 12.1 Å². The Morgan fingerprint density at radius 1 is 1.18 bits per heavy atom. The van der Waals surface area contributed by atoms with E-state index in [-0.39, 0.29) is 30.8 Å². The smallest absolute Gasteiger partial charge is 0.305 e. The maximum atomic E-state index is 12.4. The molecule has 0 aliphatic carbocycles. The number of hydrogen-bond donors (Lipinski definition) is 2. The Kier molecular flexibility index (Phi) is 6.56. The van der Waals surface area contributed by atoms with Crippen LogP contribution in [0.1, 0.15) is 43.1 Å². The highest BCUT2D eigenvalue weighted by atomic mass is 16.4. The summed E-state index contributed by atoms with van der Waals surface area (Å²) < 4.78 is 0. The van der Waals surface area contributed by atoms with E-state index in [1.165, 1.54) is 11.8 Å². The van der Waals surface area contributed by atoms with Crippen molar-refractivity contribution in [3.05, 3.63) is 35.4 Å². The van der Waals surface area contributed by atoms with Gasteiger partial charge in [-0.05, 0) is 31.5 Å². The second kappa shape index (κ2) is 8.17. The molecule has 0 spiro atoms. The van der Waals surface area contributed by atoms with Crippen molar-refractivity contribution in [1.82, 2.24) is 10.2 Å². The van der Waals surface area contributed by atoms with Crippen molar-refractivity contribution in [1.29, 1.82) is 0 Å². The molecular weight excluding hydrogens is 284 g/mol. The van der Waals surface area contributed by atoms with E-state index in [1.54, 1.807) is 24.3 Å². The predicted octanol–water partition coefficient (Wildman–Crippen LogP) is 1.65. The fourth-order valence-corrected chi connectivity index (χ4v) is 1.97. The van der Waals surface area contributed by atoms with Gasteiger partial charge in [0.25, 0.3) is 5.91 Å². The number of carbonyl (C=O) groups is 3. The first kappa shape index (κ1) is 17.7. The summed E-state index contributed by atoms with van der Waals surface area (Å²) >= 11 is 0. The Balaban J connectivity index is 2.77. The maximum absolute atomic E-state index is 12.4. The lowest BCUT2D eigenvalue weighted by molar-refractivity contribution is -0.137. The van der Waals surface area contributed by atoms with Crippen LogP contribution in [0.2, 0.25) is 0 Å². The van der Waals surface area contributed by atoms with Gasteiger partial charge >= 0.3 is 5.97 Å². The van der Waals surface area contributed by atoms with Gasteiger partial charge < -0.3 is 15.3 Å². The molecule has 0 saturated heterocycles. The van der Waals surface area contributed by atoms with E-state index in [1.807, 2.05) is 13.8 Å². The fourth-order valence-electron chi connectivity index (χ4n) is 1.97. The zero-order valence-electron chi connectivity index (χ0n) is 13.1. The van der Waals surface area contributed by atoms with Crippen LogP contribution in [0.15, 0.2) is 24.3 Å². The topological polar surface area (TPSA) is 86.7 Å².